The summed E-state index contributed by atoms with van der Waals surface area (Å²) in [5.41, 5.74) is 1.51. The summed E-state index contributed by atoms with van der Waals surface area (Å²) in [7, 11) is 0. The fourth-order valence-electron chi connectivity index (χ4n) is 4.95. The zero-order valence-electron chi connectivity index (χ0n) is 17.1. The molecule has 3 heteroatoms. The Morgan fingerprint density at radius 1 is 1.07 bits per heavy atom. The van der Waals surface area contributed by atoms with Gasteiger partial charge in [0, 0.05) is 11.3 Å². The third-order valence-corrected chi connectivity index (χ3v) is 6.74. The second-order valence-corrected chi connectivity index (χ2v) is 8.90. The molecule has 0 heterocycles. The molecule has 0 amide bonds. The first kappa shape index (κ1) is 19.6. The highest BCUT2D eigenvalue weighted by molar-refractivity contribution is 6.05. The van der Waals surface area contributed by atoms with Gasteiger partial charge in [-0.15, -0.1) is 0 Å². The first-order chi connectivity index (χ1) is 13.9. The van der Waals surface area contributed by atoms with Gasteiger partial charge < -0.3 is 4.74 Å². The quantitative estimate of drug-likeness (QED) is 0.365. The molecule has 4 rings (SSSR count). The van der Waals surface area contributed by atoms with Crippen LogP contribution in [0.25, 0.3) is 0 Å². The summed E-state index contributed by atoms with van der Waals surface area (Å²) < 4.78 is 5.17. The Hall–Kier alpha value is -2.68. The Morgan fingerprint density at radius 2 is 1.62 bits per heavy atom. The molecule has 0 aliphatic heterocycles. The number of Topliss-reactive ketones (excluding diaryl/α,β-unsaturated/α-hetero) is 1. The van der Waals surface area contributed by atoms with Gasteiger partial charge in [-0.3, -0.25) is 9.59 Å². The van der Waals surface area contributed by atoms with Crippen molar-refractivity contribution in [2.75, 3.05) is 6.61 Å². The van der Waals surface area contributed by atoms with Crippen LogP contribution in [0.5, 0.6) is 0 Å². The Labute approximate surface area is 172 Å². The zero-order valence-corrected chi connectivity index (χ0v) is 17.1. The number of benzene rings is 2. The van der Waals surface area contributed by atoms with Crippen molar-refractivity contribution >= 4 is 11.8 Å². The average Bonchev–Trinajstić information content (AvgIpc) is 3.66. The molecule has 2 fully saturated rings. The van der Waals surface area contributed by atoms with E-state index in [9.17, 15) is 9.59 Å². The van der Waals surface area contributed by atoms with Crippen molar-refractivity contribution in [3.8, 4) is 0 Å². The molecule has 2 aromatic rings. The Morgan fingerprint density at radius 3 is 2.14 bits per heavy atom. The molecule has 2 aromatic carbocycles. The number of hydrogen-bond acceptors (Lipinski definition) is 3. The molecule has 2 saturated carbocycles. The fraction of sp³-hybridized carbons (Fsp3) is 0.385. The minimum absolute atomic E-state index is 0.0125. The minimum Gasteiger partial charge on any atom is -0.461 e. The standard InChI is InChI=1S/C26H28O3/c1-4-15-29-24(28)25(2,3)23(27)21-16-20(21)22-17-26(22,18-11-7-5-8-12-18)19-13-9-6-10-14-19/h4-14,20-22H,1,15-17H2,2-3H3. The Bertz CT molecular complexity index is 874. The lowest BCUT2D eigenvalue weighted by molar-refractivity contribution is -0.157. The number of carbonyl (C=O) groups excluding carboxylic acids is 2. The molecule has 0 spiro atoms. The molecule has 2 aliphatic rings. The van der Waals surface area contributed by atoms with E-state index in [1.165, 1.54) is 17.2 Å². The highest BCUT2D eigenvalue weighted by Crippen LogP contribution is 2.69. The second kappa shape index (κ2) is 7.29. The lowest BCUT2D eigenvalue weighted by Crippen LogP contribution is -2.36. The van der Waals surface area contributed by atoms with E-state index in [-0.39, 0.29) is 23.7 Å². The number of carbonyl (C=O) groups is 2. The van der Waals surface area contributed by atoms with E-state index >= 15 is 0 Å². The number of ketones is 1. The molecule has 3 unspecified atom stereocenters. The van der Waals surface area contributed by atoms with Crippen molar-refractivity contribution in [2.24, 2.45) is 23.2 Å². The van der Waals surface area contributed by atoms with Crippen LogP contribution >= 0.6 is 0 Å². The second-order valence-electron chi connectivity index (χ2n) is 8.90. The third kappa shape index (κ3) is 3.33. The number of ether oxygens (including phenoxy) is 1. The van der Waals surface area contributed by atoms with Crippen LogP contribution in [-0.4, -0.2) is 18.4 Å². The van der Waals surface area contributed by atoms with Gasteiger partial charge in [0.05, 0.1) is 0 Å². The SMILES string of the molecule is C=CCOC(=O)C(C)(C)C(=O)C1CC1C1CC1(c1ccccc1)c1ccccc1. The van der Waals surface area contributed by atoms with Crippen LogP contribution in [0.15, 0.2) is 73.3 Å². The van der Waals surface area contributed by atoms with Crippen LogP contribution in [0.2, 0.25) is 0 Å². The smallest absolute Gasteiger partial charge is 0.319 e. The first-order valence-electron chi connectivity index (χ1n) is 10.4. The molecule has 29 heavy (non-hydrogen) atoms. The lowest BCUT2D eigenvalue weighted by Gasteiger charge is -2.22. The molecule has 0 saturated heterocycles. The van der Waals surface area contributed by atoms with Gasteiger partial charge in [-0.25, -0.2) is 0 Å². The Kier molecular flexibility index (Phi) is 4.94. The van der Waals surface area contributed by atoms with Crippen LogP contribution in [0.4, 0.5) is 0 Å². The van der Waals surface area contributed by atoms with E-state index in [1.807, 2.05) is 12.1 Å². The van der Waals surface area contributed by atoms with E-state index in [1.54, 1.807) is 13.8 Å². The van der Waals surface area contributed by atoms with Gasteiger partial charge in [0.1, 0.15) is 12.0 Å². The van der Waals surface area contributed by atoms with Gasteiger partial charge in [-0.05, 0) is 49.7 Å². The molecule has 0 N–H and O–H groups in total. The minimum atomic E-state index is -1.11. The van der Waals surface area contributed by atoms with Crippen LogP contribution in [0.1, 0.15) is 37.8 Å². The van der Waals surface area contributed by atoms with Gasteiger partial charge in [-0.2, -0.15) is 0 Å². The monoisotopic (exact) mass is 388 g/mol. The topological polar surface area (TPSA) is 43.4 Å². The summed E-state index contributed by atoms with van der Waals surface area (Å²) in [6.45, 7) is 7.07. The third-order valence-electron chi connectivity index (χ3n) is 6.74. The molecule has 0 aromatic heterocycles. The molecule has 3 atom stereocenters. The maximum Gasteiger partial charge on any atom is 0.319 e. The summed E-state index contributed by atoms with van der Waals surface area (Å²) in [4.78, 5) is 25.5. The van der Waals surface area contributed by atoms with Crippen LogP contribution < -0.4 is 0 Å². The maximum atomic E-state index is 13.1. The van der Waals surface area contributed by atoms with E-state index in [0.717, 1.165) is 12.8 Å². The largest absolute Gasteiger partial charge is 0.461 e. The van der Waals surface area contributed by atoms with Gasteiger partial charge in [0.2, 0.25) is 0 Å². The van der Waals surface area contributed by atoms with Crippen LogP contribution in [-0.2, 0) is 19.7 Å². The van der Waals surface area contributed by atoms with Gasteiger partial charge in [-0.1, -0.05) is 73.3 Å². The molecular weight excluding hydrogens is 360 g/mol. The van der Waals surface area contributed by atoms with E-state index in [0.29, 0.717) is 11.8 Å². The van der Waals surface area contributed by atoms with Crippen molar-refractivity contribution in [3.05, 3.63) is 84.4 Å². The van der Waals surface area contributed by atoms with E-state index in [4.69, 9.17) is 4.74 Å². The van der Waals surface area contributed by atoms with Crippen LogP contribution in [0.3, 0.4) is 0 Å². The van der Waals surface area contributed by atoms with Crippen molar-refractivity contribution in [1.29, 1.82) is 0 Å². The predicted molar refractivity (Wildman–Crippen MR) is 113 cm³/mol. The summed E-state index contributed by atoms with van der Waals surface area (Å²) >= 11 is 0. The van der Waals surface area contributed by atoms with Gasteiger partial charge >= 0.3 is 5.97 Å². The van der Waals surface area contributed by atoms with Crippen molar-refractivity contribution < 1.29 is 14.3 Å². The van der Waals surface area contributed by atoms with Crippen molar-refractivity contribution in [3.63, 3.8) is 0 Å². The highest BCUT2D eigenvalue weighted by Gasteiger charge is 2.66. The highest BCUT2D eigenvalue weighted by atomic mass is 16.5. The lowest BCUT2D eigenvalue weighted by atomic mass is 9.82. The van der Waals surface area contributed by atoms with Crippen molar-refractivity contribution in [1.82, 2.24) is 0 Å². The maximum absolute atomic E-state index is 13.1. The fourth-order valence-corrected chi connectivity index (χ4v) is 4.95. The predicted octanol–water partition coefficient (Wildman–Crippen LogP) is 4.95. The summed E-state index contributed by atoms with van der Waals surface area (Å²) in [5, 5.41) is 0. The normalized spacial score (nSPS) is 24.4. The first-order valence-corrected chi connectivity index (χ1v) is 10.4. The van der Waals surface area contributed by atoms with Gasteiger partial charge in [0.25, 0.3) is 0 Å². The molecule has 2 aliphatic carbocycles. The van der Waals surface area contributed by atoms with Crippen LogP contribution in [0, 0.1) is 23.2 Å². The summed E-state index contributed by atoms with van der Waals surface area (Å²) in [5.74, 6) is 0.260. The van der Waals surface area contributed by atoms with Crippen molar-refractivity contribution in [2.45, 2.75) is 32.1 Å². The number of rotatable bonds is 8. The molecular formula is C26H28O3. The van der Waals surface area contributed by atoms with E-state index in [2.05, 4.69) is 55.1 Å². The number of hydrogen-bond donors (Lipinski definition) is 0. The molecule has 3 nitrogen and oxygen atoms in total. The molecule has 0 radical (unpaired) electrons. The zero-order chi connectivity index (χ0) is 20.6. The number of esters is 1. The summed E-state index contributed by atoms with van der Waals surface area (Å²) in [6.07, 6.45) is 3.44. The molecule has 150 valence electrons. The van der Waals surface area contributed by atoms with Gasteiger partial charge in [0.15, 0.2) is 5.78 Å². The average molecular weight is 389 g/mol. The van der Waals surface area contributed by atoms with E-state index < -0.39 is 11.4 Å². The summed E-state index contributed by atoms with van der Waals surface area (Å²) in [6, 6.07) is 21.2. The Balaban J connectivity index is 1.54. The molecule has 0 bridgehead atoms.